The SMILES string of the molecule is Clc1nc(-c2ccccc2)c2oc3cccc(Cl)c3c2n1. The highest BCUT2D eigenvalue weighted by Gasteiger charge is 2.17. The maximum atomic E-state index is 6.26. The highest BCUT2D eigenvalue weighted by Crippen LogP contribution is 2.37. The van der Waals surface area contributed by atoms with E-state index in [2.05, 4.69) is 9.97 Å². The molecule has 0 spiro atoms. The predicted molar refractivity (Wildman–Crippen MR) is 84.8 cm³/mol. The first-order valence-corrected chi connectivity index (χ1v) is 7.09. The number of hydrogen-bond donors (Lipinski definition) is 0. The average molecular weight is 315 g/mol. The van der Waals surface area contributed by atoms with Gasteiger partial charge in [-0.25, -0.2) is 9.97 Å². The summed E-state index contributed by atoms with van der Waals surface area (Å²) in [6.45, 7) is 0. The molecule has 0 fully saturated rings. The number of benzene rings is 2. The summed E-state index contributed by atoms with van der Waals surface area (Å²) in [4.78, 5) is 8.60. The zero-order valence-electron chi connectivity index (χ0n) is 10.7. The first-order valence-electron chi connectivity index (χ1n) is 6.34. The van der Waals surface area contributed by atoms with Crippen molar-refractivity contribution >= 4 is 45.3 Å². The van der Waals surface area contributed by atoms with E-state index in [1.165, 1.54) is 0 Å². The van der Waals surface area contributed by atoms with E-state index in [0.717, 1.165) is 10.9 Å². The fourth-order valence-electron chi connectivity index (χ4n) is 2.41. The second-order valence-electron chi connectivity index (χ2n) is 4.60. The molecule has 5 heteroatoms. The van der Waals surface area contributed by atoms with Gasteiger partial charge in [-0.15, -0.1) is 0 Å². The molecule has 0 amide bonds. The van der Waals surface area contributed by atoms with Gasteiger partial charge in [0.05, 0.1) is 10.4 Å². The molecule has 0 aliphatic carbocycles. The Kier molecular flexibility index (Phi) is 2.84. The monoisotopic (exact) mass is 314 g/mol. The first kappa shape index (κ1) is 12.6. The Morgan fingerprint density at radius 3 is 2.48 bits per heavy atom. The Morgan fingerprint density at radius 1 is 0.857 bits per heavy atom. The normalized spacial score (nSPS) is 11.3. The molecular formula is C16H8Cl2N2O. The Bertz CT molecular complexity index is 964. The van der Waals surface area contributed by atoms with Crippen molar-refractivity contribution in [2.24, 2.45) is 0 Å². The minimum Gasteiger partial charge on any atom is -0.452 e. The van der Waals surface area contributed by atoms with Crippen molar-refractivity contribution in [3.63, 3.8) is 0 Å². The third kappa shape index (κ3) is 1.97. The van der Waals surface area contributed by atoms with Crippen LogP contribution in [0.2, 0.25) is 10.3 Å². The molecule has 0 aliphatic rings. The molecule has 0 aliphatic heterocycles. The second-order valence-corrected chi connectivity index (χ2v) is 5.35. The summed E-state index contributed by atoms with van der Waals surface area (Å²) < 4.78 is 5.91. The molecule has 0 radical (unpaired) electrons. The molecule has 2 aromatic heterocycles. The van der Waals surface area contributed by atoms with E-state index in [9.17, 15) is 0 Å². The summed E-state index contributed by atoms with van der Waals surface area (Å²) in [6.07, 6.45) is 0. The number of aromatic nitrogens is 2. The van der Waals surface area contributed by atoms with Gasteiger partial charge in [0.25, 0.3) is 0 Å². The minimum atomic E-state index is 0.170. The molecule has 0 saturated heterocycles. The summed E-state index contributed by atoms with van der Waals surface area (Å²) in [5.74, 6) is 0. The molecule has 2 aromatic carbocycles. The first-order chi connectivity index (χ1) is 10.2. The Balaban J connectivity index is 2.18. The maximum absolute atomic E-state index is 6.26. The van der Waals surface area contributed by atoms with Gasteiger partial charge in [-0.05, 0) is 23.7 Å². The van der Waals surface area contributed by atoms with Gasteiger partial charge in [0.1, 0.15) is 16.8 Å². The van der Waals surface area contributed by atoms with Gasteiger partial charge in [0.2, 0.25) is 5.28 Å². The molecule has 0 atom stereocenters. The molecule has 4 aromatic rings. The van der Waals surface area contributed by atoms with Crippen LogP contribution >= 0.6 is 23.2 Å². The van der Waals surface area contributed by atoms with E-state index in [1.807, 2.05) is 42.5 Å². The molecule has 0 unspecified atom stereocenters. The van der Waals surface area contributed by atoms with Crippen LogP contribution in [-0.2, 0) is 0 Å². The zero-order valence-corrected chi connectivity index (χ0v) is 12.2. The Hall–Kier alpha value is -2.10. The maximum Gasteiger partial charge on any atom is 0.223 e. The van der Waals surface area contributed by atoms with E-state index in [4.69, 9.17) is 27.6 Å². The van der Waals surface area contributed by atoms with Crippen molar-refractivity contribution in [3.05, 3.63) is 58.8 Å². The van der Waals surface area contributed by atoms with Crippen molar-refractivity contribution in [1.29, 1.82) is 0 Å². The lowest BCUT2D eigenvalue weighted by Crippen LogP contribution is -1.89. The van der Waals surface area contributed by atoms with Crippen molar-refractivity contribution in [1.82, 2.24) is 9.97 Å². The van der Waals surface area contributed by atoms with Crippen molar-refractivity contribution in [2.45, 2.75) is 0 Å². The van der Waals surface area contributed by atoms with E-state index < -0.39 is 0 Å². The van der Waals surface area contributed by atoms with Gasteiger partial charge in [-0.3, -0.25) is 0 Å². The zero-order chi connectivity index (χ0) is 14.4. The van der Waals surface area contributed by atoms with Crippen LogP contribution in [0, 0.1) is 0 Å². The molecular weight excluding hydrogens is 307 g/mol. The number of rotatable bonds is 1. The van der Waals surface area contributed by atoms with Crippen LogP contribution in [-0.4, -0.2) is 9.97 Å². The molecule has 0 N–H and O–H groups in total. The molecule has 0 bridgehead atoms. The number of hydrogen-bond acceptors (Lipinski definition) is 3. The van der Waals surface area contributed by atoms with Crippen LogP contribution < -0.4 is 0 Å². The second kappa shape index (κ2) is 4.72. The standard InChI is InChI=1S/C16H8Cl2N2O/c17-10-7-4-8-11-12(10)14-15(21-11)13(19-16(18)20-14)9-5-2-1-3-6-9/h1-8H. The van der Waals surface area contributed by atoms with Crippen molar-refractivity contribution in [2.75, 3.05) is 0 Å². The van der Waals surface area contributed by atoms with Crippen LogP contribution in [0.25, 0.3) is 33.3 Å². The van der Waals surface area contributed by atoms with Gasteiger partial charge in [0.15, 0.2) is 5.58 Å². The largest absolute Gasteiger partial charge is 0.452 e. The van der Waals surface area contributed by atoms with Gasteiger partial charge in [-0.2, -0.15) is 0 Å². The number of nitrogens with zero attached hydrogens (tertiary/aromatic N) is 2. The van der Waals surface area contributed by atoms with E-state index >= 15 is 0 Å². The molecule has 3 nitrogen and oxygen atoms in total. The van der Waals surface area contributed by atoms with E-state index in [-0.39, 0.29) is 5.28 Å². The van der Waals surface area contributed by atoms with Gasteiger partial charge in [0, 0.05) is 5.56 Å². The third-order valence-electron chi connectivity index (χ3n) is 3.31. The van der Waals surface area contributed by atoms with E-state index in [1.54, 1.807) is 6.07 Å². The highest BCUT2D eigenvalue weighted by atomic mass is 35.5. The van der Waals surface area contributed by atoms with Crippen molar-refractivity contribution < 1.29 is 4.42 Å². The Labute approximate surface area is 130 Å². The van der Waals surface area contributed by atoms with Gasteiger partial charge >= 0.3 is 0 Å². The molecule has 0 saturated carbocycles. The van der Waals surface area contributed by atoms with Crippen LogP contribution in [0.15, 0.2) is 52.9 Å². The fourth-order valence-corrected chi connectivity index (χ4v) is 2.83. The number of furan rings is 1. The molecule has 102 valence electrons. The third-order valence-corrected chi connectivity index (χ3v) is 3.79. The lowest BCUT2D eigenvalue weighted by molar-refractivity contribution is 0.667. The van der Waals surface area contributed by atoms with Crippen LogP contribution in [0.4, 0.5) is 0 Å². The average Bonchev–Trinajstić information content (AvgIpc) is 2.87. The van der Waals surface area contributed by atoms with Crippen LogP contribution in [0.3, 0.4) is 0 Å². The quantitative estimate of drug-likeness (QED) is 0.444. The van der Waals surface area contributed by atoms with Crippen LogP contribution in [0.1, 0.15) is 0 Å². The Morgan fingerprint density at radius 2 is 1.67 bits per heavy atom. The summed E-state index contributed by atoms with van der Waals surface area (Å²) in [7, 11) is 0. The fraction of sp³-hybridized carbons (Fsp3) is 0. The summed E-state index contributed by atoms with van der Waals surface area (Å²) in [6, 6.07) is 15.2. The van der Waals surface area contributed by atoms with Gasteiger partial charge in [-0.1, -0.05) is 48.0 Å². The predicted octanol–water partition coefficient (Wildman–Crippen LogP) is 5.35. The van der Waals surface area contributed by atoms with Crippen molar-refractivity contribution in [3.8, 4) is 11.3 Å². The molecule has 4 rings (SSSR count). The smallest absolute Gasteiger partial charge is 0.223 e. The lowest BCUT2D eigenvalue weighted by Gasteiger charge is -2.01. The molecule has 2 heterocycles. The summed E-state index contributed by atoms with van der Waals surface area (Å²) >= 11 is 12.3. The summed E-state index contributed by atoms with van der Waals surface area (Å²) in [5, 5.41) is 1.51. The lowest BCUT2D eigenvalue weighted by atomic mass is 10.1. The minimum absolute atomic E-state index is 0.170. The summed E-state index contributed by atoms with van der Waals surface area (Å²) in [5.41, 5.74) is 3.48. The number of fused-ring (bicyclic) bond motifs is 3. The highest BCUT2D eigenvalue weighted by molar-refractivity contribution is 6.37. The van der Waals surface area contributed by atoms with Gasteiger partial charge < -0.3 is 4.42 Å². The topological polar surface area (TPSA) is 38.9 Å². The number of halogens is 2. The molecule has 21 heavy (non-hydrogen) atoms. The van der Waals surface area contributed by atoms with Crippen LogP contribution in [0.5, 0.6) is 0 Å². The van der Waals surface area contributed by atoms with E-state index in [0.29, 0.717) is 27.4 Å².